The number of aromatic nitrogens is 1. The van der Waals surface area contributed by atoms with Crippen molar-refractivity contribution >= 4 is 42.1 Å². The molecule has 0 radical (unpaired) electrons. The van der Waals surface area contributed by atoms with Gasteiger partial charge in [-0.05, 0) is 38.8 Å². The largest absolute Gasteiger partial charge is 0.356 e. The number of thiazole rings is 1. The van der Waals surface area contributed by atoms with Gasteiger partial charge in [-0.1, -0.05) is 6.92 Å². The second kappa shape index (κ2) is 11.2. The molecule has 0 spiro atoms. The van der Waals surface area contributed by atoms with E-state index in [4.69, 9.17) is 5.73 Å². The van der Waals surface area contributed by atoms with Crippen molar-refractivity contribution in [3.63, 3.8) is 0 Å². The minimum atomic E-state index is -0.0852. The maximum atomic E-state index is 11.7. The number of hydrogen-bond donors (Lipinski definition) is 2. The lowest BCUT2D eigenvalue weighted by molar-refractivity contribution is -0.124. The monoisotopic (exact) mass is 382 g/mol. The summed E-state index contributed by atoms with van der Waals surface area (Å²) in [4.78, 5) is 18.7. The zero-order valence-electron chi connectivity index (χ0n) is 13.8. The molecule has 134 valence electrons. The van der Waals surface area contributed by atoms with Crippen LogP contribution >= 0.6 is 36.2 Å². The number of carbonyl (C=O) groups excluding carboxylic acids is 1. The molecule has 1 fully saturated rings. The number of halogens is 2. The average molecular weight is 383 g/mol. The number of nitrogens with two attached hydrogens (primary N) is 1. The summed E-state index contributed by atoms with van der Waals surface area (Å²) >= 11 is 1.71. The Balaban J connectivity index is 0.00000242. The molecule has 2 rings (SSSR count). The predicted octanol–water partition coefficient (Wildman–Crippen LogP) is 2.22. The third-order valence-electron chi connectivity index (χ3n) is 4.13. The first kappa shape index (κ1) is 22.6. The molecule has 8 heteroatoms. The van der Waals surface area contributed by atoms with Crippen molar-refractivity contribution in [1.29, 1.82) is 0 Å². The molecule has 1 aromatic heterocycles. The van der Waals surface area contributed by atoms with Crippen LogP contribution in [0.2, 0.25) is 0 Å². The molecule has 1 aliphatic heterocycles. The lowest BCUT2D eigenvalue weighted by Gasteiger charge is -2.31. The molecular weight excluding hydrogens is 355 g/mol. The summed E-state index contributed by atoms with van der Waals surface area (Å²) < 4.78 is 0. The Morgan fingerprint density at radius 3 is 2.65 bits per heavy atom. The molecule has 0 aromatic carbocycles. The maximum absolute atomic E-state index is 11.7. The van der Waals surface area contributed by atoms with E-state index in [1.807, 2.05) is 13.8 Å². The lowest BCUT2D eigenvalue weighted by Crippen LogP contribution is -2.40. The summed E-state index contributed by atoms with van der Waals surface area (Å²) in [5.74, 6) is 0.586. The fourth-order valence-corrected chi connectivity index (χ4v) is 3.19. The summed E-state index contributed by atoms with van der Waals surface area (Å²) in [5.41, 5.74) is 6.68. The van der Waals surface area contributed by atoms with Gasteiger partial charge >= 0.3 is 0 Å². The molecule has 1 amide bonds. The van der Waals surface area contributed by atoms with Crippen molar-refractivity contribution in [3.05, 3.63) is 16.1 Å². The normalized spacial score (nSPS) is 17.0. The molecule has 5 nitrogen and oxygen atoms in total. The van der Waals surface area contributed by atoms with Crippen molar-refractivity contribution in [3.8, 4) is 0 Å². The number of piperidine rings is 1. The van der Waals surface area contributed by atoms with Crippen LogP contribution in [0.25, 0.3) is 0 Å². The number of rotatable bonds is 6. The Hall–Kier alpha value is -0.400. The molecule has 1 saturated heterocycles. The molecule has 1 aromatic rings. The third kappa shape index (κ3) is 7.35. The highest BCUT2D eigenvalue weighted by Crippen LogP contribution is 2.19. The van der Waals surface area contributed by atoms with Crippen LogP contribution in [-0.2, 0) is 11.3 Å². The van der Waals surface area contributed by atoms with Gasteiger partial charge in [0.2, 0.25) is 5.91 Å². The fourth-order valence-electron chi connectivity index (χ4n) is 2.58. The van der Waals surface area contributed by atoms with Crippen LogP contribution in [0.15, 0.2) is 5.38 Å². The molecule has 1 aliphatic rings. The highest BCUT2D eigenvalue weighted by Gasteiger charge is 2.21. The van der Waals surface area contributed by atoms with Crippen molar-refractivity contribution in [2.45, 2.75) is 33.2 Å². The molecule has 3 N–H and O–H groups in total. The van der Waals surface area contributed by atoms with E-state index in [2.05, 4.69) is 20.6 Å². The van der Waals surface area contributed by atoms with Crippen molar-refractivity contribution in [1.82, 2.24) is 15.2 Å². The predicted molar refractivity (Wildman–Crippen MR) is 101 cm³/mol. The van der Waals surface area contributed by atoms with Gasteiger partial charge in [-0.25, -0.2) is 4.98 Å². The number of likely N-dealkylation sites (tertiary alicyclic amines) is 1. The van der Waals surface area contributed by atoms with Crippen molar-refractivity contribution < 1.29 is 4.79 Å². The average Bonchev–Trinajstić information content (AvgIpc) is 2.90. The molecule has 0 saturated carbocycles. The zero-order chi connectivity index (χ0) is 15.2. The molecule has 0 bridgehead atoms. The van der Waals surface area contributed by atoms with Gasteiger partial charge in [0.15, 0.2) is 0 Å². The summed E-state index contributed by atoms with van der Waals surface area (Å²) in [7, 11) is 0. The van der Waals surface area contributed by atoms with Gasteiger partial charge in [-0.15, -0.1) is 36.2 Å². The van der Waals surface area contributed by atoms with Gasteiger partial charge in [-0.3, -0.25) is 9.69 Å². The highest BCUT2D eigenvalue weighted by molar-refractivity contribution is 7.09. The Labute approximate surface area is 155 Å². The molecule has 1 atom stereocenters. The third-order valence-corrected chi connectivity index (χ3v) is 4.95. The molecule has 23 heavy (non-hydrogen) atoms. The number of amides is 1. The second-order valence-electron chi connectivity index (χ2n) is 5.96. The number of aryl methyl sites for hydroxylation is 1. The number of carbonyl (C=O) groups is 1. The summed E-state index contributed by atoms with van der Waals surface area (Å²) in [5, 5.41) is 6.31. The van der Waals surface area contributed by atoms with E-state index >= 15 is 0 Å². The first-order valence-corrected chi connectivity index (χ1v) is 8.57. The maximum Gasteiger partial charge on any atom is 0.224 e. The first-order chi connectivity index (χ1) is 10.1. The molecule has 2 heterocycles. The van der Waals surface area contributed by atoms with E-state index in [0.717, 1.165) is 44.0 Å². The highest BCUT2D eigenvalue weighted by atomic mass is 35.5. The fraction of sp³-hybridized carbons (Fsp3) is 0.733. The Morgan fingerprint density at radius 1 is 1.48 bits per heavy atom. The van der Waals surface area contributed by atoms with Crippen LogP contribution < -0.4 is 11.1 Å². The van der Waals surface area contributed by atoms with Gasteiger partial charge in [0.25, 0.3) is 0 Å². The van der Waals surface area contributed by atoms with E-state index in [1.165, 1.54) is 5.69 Å². The Morgan fingerprint density at radius 2 is 2.13 bits per heavy atom. The minimum Gasteiger partial charge on any atom is -0.356 e. The van der Waals surface area contributed by atoms with Crippen LogP contribution in [0, 0.1) is 18.8 Å². The van der Waals surface area contributed by atoms with E-state index in [1.54, 1.807) is 11.3 Å². The number of hydrogen-bond acceptors (Lipinski definition) is 5. The Kier molecular flexibility index (Phi) is 11.0. The molecule has 0 aliphatic carbocycles. The number of nitrogens with zero attached hydrogens (tertiary/aromatic N) is 2. The smallest absolute Gasteiger partial charge is 0.224 e. The van der Waals surface area contributed by atoms with E-state index in [0.29, 0.717) is 12.5 Å². The quantitative estimate of drug-likeness (QED) is 0.790. The summed E-state index contributed by atoms with van der Waals surface area (Å²) in [6, 6.07) is 0. The molecule has 1 unspecified atom stereocenters. The zero-order valence-corrected chi connectivity index (χ0v) is 16.2. The number of nitrogens with one attached hydrogen (secondary N) is 1. The van der Waals surface area contributed by atoms with Gasteiger partial charge in [0.1, 0.15) is 0 Å². The van der Waals surface area contributed by atoms with Crippen LogP contribution in [0.5, 0.6) is 0 Å². The van der Waals surface area contributed by atoms with E-state index < -0.39 is 0 Å². The van der Waals surface area contributed by atoms with Crippen LogP contribution in [-0.4, -0.2) is 42.0 Å². The van der Waals surface area contributed by atoms with Gasteiger partial charge in [0, 0.05) is 30.9 Å². The summed E-state index contributed by atoms with van der Waals surface area (Å²) in [6.07, 6.45) is 2.28. The standard InChI is InChI=1S/C15H26N4OS.2ClH/c1-11(7-16)15(20)17-8-13-3-5-19(6-4-13)9-14-10-21-12(2)18-14;;/h10-11,13H,3-9,16H2,1-2H3,(H,17,20);2*1H. The Bertz CT molecular complexity index is 464. The van der Waals surface area contributed by atoms with E-state index in [-0.39, 0.29) is 36.6 Å². The van der Waals surface area contributed by atoms with Gasteiger partial charge < -0.3 is 11.1 Å². The second-order valence-corrected chi connectivity index (χ2v) is 7.02. The van der Waals surface area contributed by atoms with Crippen molar-refractivity contribution in [2.24, 2.45) is 17.6 Å². The summed E-state index contributed by atoms with van der Waals surface area (Å²) in [6.45, 7) is 8.24. The first-order valence-electron chi connectivity index (χ1n) is 7.69. The minimum absolute atomic E-state index is 0. The van der Waals surface area contributed by atoms with Crippen LogP contribution in [0.3, 0.4) is 0 Å². The van der Waals surface area contributed by atoms with Crippen LogP contribution in [0.4, 0.5) is 0 Å². The van der Waals surface area contributed by atoms with Gasteiger partial charge in [0.05, 0.1) is 10.7 Å². The van der Waals surface area contributed by atoms with E-state index in [9.17, 15) is 4.79 Å². The van der Waals surface area contributed by atoms with Crippen molar-refractivity contribution in [2.75, 3.05) is 26.2 Å². The topological polar surface area (TPSA) is 71.2 Å². The SMILES string of the molecule is Cc1nc(CN2CCC(CNC(=O)C(C)CN)CC2)cs1.Cl.Cl. The van der Waals surface area contributed by atoms with Crippen LogP contribution in [0.1, 0.15) is 30.5 Å². The van der Waals surface area contributed by atoms with Gasteiger partial charge in [-0.2, -0.15) is 0 Å². The molecular formula is C15H28Cl2N4OS. The lowest BCUT2D eigenvalue weighted by atomic mass is 9.96.